The van der Waals surface area contributed by atoms with Gasteiger partial charge in [0.1, 0.15) is 12.2 Å². The SMILES string of the molecule is CCn1ncnc1C1C=CC(N)C1. The second kappa shape index (κ2) is 3.30. The first-order chi connectivity index (χ1) is 6.31. The third kappa shape index (κ3) is 1.49. The van der Waals surface area contributed by atoms with Gasteiger partial charge in [-0.1, -0.05) is 12.2 Å². The molecule has 0 saturated carbocycles. The number of aromatic nitrogens is 3. The maximum atomic E-state index is 5.78. The lowest BCUT2D eigenvalue weighted by Gasteiger charge is -2.08. The molecule has 13 heavy (non-hydrogen) atoms. The molecule has 70 valence electrons. The Kier molecular flexibility index (Phi) is 2.14. The zero-order valence-corrected chi connectivity index (χ0v) is 7.72. The zero-order valence-electron chi connectivity index (χ0n) is 7.72. The van der Waals surface area contributed by atoms with Crippen LogP contribution in [0.3, 0.4) is 0 Å². The molecular weight excluding hydrogens is 164 g/mol. The Bertz CT molecular complexity index is 315. The van der Waals surface area contributed by atoms with E-state index >= 15 is 0 Å². The van der Waals surface area contributed by atoms with E-state index in [1.165, 1.54) is 0 Å². The molecule has 2 N–H and O–H groups in total. The fourth-order valence-electron chi connectivity index (χ4n) is 1.72. The molecule has 2 atom stereocenters. The lowest BCUT2D eigenvalue weighted by molar-refractivity contribution is 0.574. The molecular formula is C9H14N4. The molecule has 2 unspecified atom stereocenters. The van der Waals surface area contributed by atoms with Gasteiger partial charge in [0.25, 0.3) is 0 Å². The van der Waals surface area contributed by atoms with Crippen molar-refractivity contribution < 1.29 is 0 Å². The molecule has 1 aromatic heterocycles. The summed E-state index contributed by atoms with van der Waals surface area (Å²) in [6, 6.07) is 0.187. The molecule has 1 aliphatic rings. The van der Waals surface area contributed by atoms with Crippen molar-refractivity contribution >= 4 is 0 Å². The summed E-state index contributed by atoms with van der Waals surface area (Å²) in [5.74, 6) is 1.39. The Labute approximate surface area is 77.5 Å². The van der Waals surface area contributed by atoms with Gasteiger partial charge in [0, 0.05) is 18.5 Å². The van der Waals surface area contributed by atoms with Crippen LogP contribution in [0.25, 0.3) is 0 Å². The van der Waals surface area contributed by atoms with E-state index in [-0.39, 0.29) is 6.04 Å². The lowest BCUT2D eigenvalue weighted by Crippen LogP contribution is -2.16. The highest BCUT2D eigenvalue weighted by molar-refractivity contribution is 5.16. The second-order valence-electron chi connectivity index (χ2n) is 3.32. The topological polar surface area (TPSA) is 56.7 Å². The molecule has 0 bridgehead atoms. The molecule has 0 radical (unpaired) electrons. The van der Waals surface area contributed by atoms with Crippen LogP contribution in [0, 0.1) is 0 Å². The van der Waals surface area contributed by atoms with Gasteiger partial charge in [0.2, 0.25) is 0 Å². The Balaban J connectivity index is 2.21. The summed E-state index contributed by atoms with van der Waals surface area (Å²) >= 11 is 0. The predicted molar refractivity (Wildman–Crippen MR) is 50.2 cm³/mol. The predicted octanol–water partition coefficient (Wildman–Crippen LogP) is 0.669. The molecule has 0 spiro atoms. The van der Waals surface area contributed by atoms with Gasteiger partial charge in [0.15, 0.2) is 0 Å². The molecule has 1 aromatic rings. The summed E-state index contributed by atoms with van der Waals surface area (Å²) in [6.45, 7) is 2.94. The van der Waals surface area contributed by atoms with Crippen LogP contribution in [-0.4, -0.2) is 20.8 Å². The van der Waals surface area contributed by atoms with Crippen molar-refractivity contribution in [3.63, 3.8) is 0 Å². The van der Waals surface area contributed by atoms with E-state index in [0.717, 1.165) is 18.8 Å². The van der Waals surface area contributed by atoms with Crippen molar-refractivity contribution in [1.29, 1.82) is 0 Å². The van der Waals surface area contributed by atoms with E-state index in [2.05, 4.69) is 23.1 Å². The standard InChI is InChI=1S/C9H14N4/c1-2-13-9(11-6-12-13)7-3-4-8(10)5-7/h3-4,6-8H,2,5,10H2,1H3. The van der Waals surface area contributed by atoms with Crippen molar-refractivity contribution in [3.05, 3.63) is 24.3 Å². The van der Waals surface area contributed by atoms with Gasteiger partial charge in [-0.15, -0.1) is 0 Å². The minimum Gasteiger partial charge on any atom is -0.324 e. The van der Waals surface area contributed by atoms with Gasteiger partial charge in [-0.25, -0.2) is 9.67 Å². The van der Waals surface area contributed by atoms with Crippen LogP contribution < -0.4 is 5.73 Å². The minimum atomic E-state index is 0.187. The van der Waals surface area contributed by atoms with Crippen LogP contribution in [0.15, 0.2) is 18.5 Å². The average Bonchev–Trinajstić information content (AvgIpc) is 2.71. The molecule has 0 aromatic carbocycles. The fourth-order valence-corrected chi connectivity index (χ4v) is 1.72. The minimum absolute atomic E-state index is 0.187. The fraction of sp³-hybridized carbons (Fsp3) is 0.556. The molecule has 0 aliphatic heterocycles. The second-order valence-corrected chi connectivity index (χ2v) is 3.32. The third-order valence-electron chi connectivity index (χ3n) is 2.39. The van der Waals surface area contributed by atoms with Crippen molar-refractivity contribution in [1.82, 2.24) is 14.8 Å². The summed E-state index contributed by atoms with van der Waals surface area (Å²) in [5, 5.41) is 4.14. The number of allylic oxidation sites excluding steroid dienone is 1. The van der Waals surface area contributed by atoms with Crippen LogP contribution in [0.1, 0.15) is 25.1 Å². The summed E-state index contributed by atoms with van der Waals surface area (Å²) in [6.07, 6.45) is 6.73. The van der Waals surface area contributed by atoms with Crippen molar-refractivity contribution in [2.45, 2.75) is 31.8 Å². The number of hydrogen-bond acceptors (Lipinski definition) is 3. The monoisotopic (exact) mass is 178 g/mol. The molecule has 4 nitrogen and oxygen atoms in total. The highest BCUT2D eigenvalue weighted by atomic mass is 15.3. The van der Waals surface area contributed by atoms with Gasteiger partial charge >= 0.3 is 0 Å². The number of nitrogens with zero attached hydrogens (tertiary/aromatic N) is 3. The molecule has 4 heteroatoms. The maximum absolute atomic E-state index is 5.78. The van der Waals surface area contributed by atoms with Gasteiger partial charge in [-0.05, 0) is 13.3 Å². The zero-order chi connectivity index (χ0) is 9.26. The maximum Gasteiger partial charge on any atom is 0.138 e. The average molecular weight is 178 g/mol. The van der Waals surface area contributed by atoms with E-state index < -0.39 is 0 Å². The van der Waals surface area contributed by atoms with Crippen LogP contribution in [0.5, 0.6) is 0 Å². The van der Waals surface area contributed by atoms with E-state index in [1.54, 1.807) is 6.33 Å². The molecule has 0 fully saturated rings. The summed E-state index contributed by atoms with van der Waals surface area (Å²) in [7, 11) is 0. The van der Waals surface area contributed by atoms with E-state index in [4.69, 9.17) is 5.73 Å². The van der Waals surface area contributed by atoms with Crippen molar-refractivity contribution in [2.75, 3.05) is 0 Å². The Hall–Kier alpha value is -1.16. The summed E-state index contributed by atoms with van der Waals surface area (Å²) in [4.78, 5) is 4.25. The number of aryl methyl sites for hydroxylation is 1. The number of hydrogen-bond donors (Lipinski definition) is 1. The summed E-state index contributed by atoms with van der Waals surface area (Å²) < 4.78 is 1.92. The van der Waals surface area contributed by atoms with Crippen LogP contribution in [0.4, 0.5) is 0 Å². The molecule has 2 rings (SSSR count). The first-order valence-corrected chi connectivity index (χ1v) is 4.63. The van der Waals surface area contributed by atoms with Crippen LogP contribution in [-0.2, 0) is 6.54 Å². The van der Waals surface area contributed by atoms with E-state index in [1.807, 2.05) is 10.8 Å². The highest BCUT2D eigenvalue weighted by Gasteiger charge is 2.21. The first kappa shape index (κ1) is 8.44. The smallest absolute Gasteiger partial charge is 0.138 e. The number of rotatable bonds is 2. The largest absolute Gasteiger partial charge is 0.324 e. The van der Waals surface area contributed by atoms with Gasteiger partial charge in [-0.2, -0.15) is 5.10 Å². The Morgan fingerprint density at radius 1 is 1.62 bits per heavy atom. The molecule has 0 saturated heterocycles. The van der Waals surface area contributed by atoms with Gasteiger partial charge in [0.05, 0.1) is 0 Å². The van der Waals surface area contributed by atoms with E-state index in [9.17, 15) is 0 Å². The molecule has 1 aliphatic carbocycles. The summed E-state index contributed by atoms with van der Waals surface area (Å²) in [5.41, 5.74) is 5.78. The van der Waals surface area contributed by atoms with E-state index in [0.29, 0.717) is 5.92 Å². The first-order valence-electron chi connectivity index (χ1n) is 4.63. The Morgan fingerprint density at radius 2 is 2.46 bits per heavy atom. The number of nitrogens with two attached hydrogens (primary N) is 1. The van der Waals surface area contributed by atoms with Crippen LogP contribution in [0.2, 0.25) is 0 Å². The van der Waals surface area contributed by atoms with Gasteiger partial charge in [-0.3, -0.25) is 0 Å². The van der Waals surface area contributed by atoms with Crippen LogP contribution >= 0.6 is 0 Å². The van der Waals surface area contributed by atoms with Crippen molar-refractivity contribution in [2.24, 2.45) is 5.73 Å². The highest BCUT2D eigenvalue weighted by Crippen LogP contribution is 2.25. The lowest BCUT2D eigenvalue weighted by atomic mass is 10.1. The Morgan fingerprint density at radius 3 is 3.08 bits per heavy atom. The quantitative estimate of drug-likeness (QED) is 0.677. The third-order valence-corrected chi connectivity index (χ3v) is 2.39. The van der Waals surface area contributed by atoms with Crippen molar-refractivity contribution in [3.8, 4) is 0 Å². The molecule has 0 amide bonds. The molecule has 1 heterocycles. The normalized spacial score (nSPS) is 26.9. The van der Waals surface area contributed by atoms with Gasteiger partial charge < -0.3 is 5.73 Å².